The van der Waals surface area contributed by atoms with E-state index in [1.165, 1.54) is 11.1 Å². The predicted octanol–water partition coefficient (Wildman–Crippen LogP) is -0.176. The van der Waals surface area contributed by atoms with Crippen molar-refractivity contribution in [2.75, 3.05) is 20.3 Å². The molecule has 5 nitrogen and oxygen atoms in total. The molecule has 1 aromatic carbocycles. The first-order valence-electron chi connectivity index (χ1n) is 6.45. The van der Waals surface area contributed by atoms with Crippen molar-refractivity contribution < 1.29 is 14.6 Å². The first-order chi connectivity index (χ1) is 9.24. The molecule has 1 unspecified atom stereocenters. The molecule has 1 aliphatic rings. The summed E-state index contributed by atoms with van der Waals surface area (Å²) in [6.07, 6.45) is 0.674. The smallest absolute Gasteiger partial charge is 0.237 e. The number of aliphatic hydroxyl groups excluding tert-OH is 1. The van der Waals surface area contributed by atoms with Gasteiger partial charge in [-0.3, -0.25) is 4.79 Å². The summed E-state index contributed by atoms with van der Waals surface area (Å²) < 4.78 is 4.94. The monoisotopic (exact) mass is 264 g/mol. The zero-order valence-electron chi connectivity index (χ0n) is 11.1. The van der Waals surface area contributed by atoms with Gasteiger partial charge in [0.1, 0.15) is 0 Å². The molecule has 5 heteroatoms. The zero-order chi connectivity index (χ0) is 13.7. The second-order valence-electron chi connectivity index (χ2n) is 4.75. The molecule has 0 aliphatic carbocycles. The minimum absolute atomic E-state index is 0.0920. The highest BCUT2D eigenvalue weighted by Gasteiger charge is 2.25. The highest BCUT2D eigenvalue weighted by molar-refractivity contribution is 5.82. The highest BCUT2D eigenvalue weighted by atomic mass is 16.5. The first-order valence-corrected chi connectivity index (χ1v) is 6.45. The Morgan fingerprint density at radius 2 is 2.26 bits per heavy atom. The minimum Gasteiger partial charge on any atom is -0.394 e. The Morgan fingerprint density at radius 1 is 1.53 bits per heavy atom. The lowest BCUT2D eigenvalue weighted by atomic mass is 9.95. The molecule has 2 rings (SSSR count). The number of ether oxygens (including phenoxy) is 1. The maximum Gasteiger partial charge on any atom is 0.237 e. The van der Waals surface area contributed by atoms with Crippen molar-refractivity contribution in [2.24, 2.45) is 0 Å². The number of methoxy groups -OCH3 is 1. The van der Waals surface area contributed by atoms with E-state index in [1.807, 2.05) is 12.1 Å². The maximum atomic E-state index is 12.1. The number of benzene rings is 1. The van der Waals surface area contributed by atoms with E-state index in [4.69, 9.17) is 9.84 Å². The van der Waals surface area contributed by atoms with Crippen molar-refractivity contribution in [3.8, 4) is 0 Å². The van der Waals surface area contributed by atoms with Crippen molar-refractivity contribution in [3.05, 3.63) is 35.4 Å². The normalized spacial score (nSPS) is 19.6. The molecule has 1 heterocycles. The van der Waals surface area contributed by atoms with Crippen LogP contribution in [0.3, 0.4) is 0 Å². The fraction of sp³-hybridized carbons (Fsp3) is 0.500. The minimum atomic E-state index is -0.350. The Kier molecular flexibility index (Phi) is 4.90. The molecule has 19 heavy (non-hydrogen) atoms. The molecule has 0 aromatic heterocycles. The van der Waals surface area contributed by atoms with Crippen LogP contribution < -0.4 is 10.6 Å². The SMILES string of the molecule is COCC(CO)NC(=O)[C@H]1Cc2ccccc2CN1. The summed E-state index contributed by atoms with van der Waals surface area (Å²) in [6, 6.07) is 7.51. The Labute approximate surface area is 113 Å². The van der Waals surface area contributed by atoms with Gasteiger partial charge in [-0.25, -0.2) is 0 Å². The lowest BCUT2D eigenvalue weighted by molar-refractivity contribution is -0.124. The van der Waals surface area contributed by atoms with Gasteiger partial charge in [0.15, 0.2) is 0 Å². The summed E-state index contributed by atoms with van der Waals surface area (Å²) in [7, 11) is 1.55. The lowest BCUT2D eigenvalue weighted by Crippen LogP contribution is -2.52. The van der Waals surface area contributed by atoms with Gasteiger partial charge in [-0.1, -0.05) is 24.3 Å². The van der Waals surface area contributed by atoms with E-state index >= 15 is 0 Å². The van der Waals surface area contributed by atoms with E-state index in [0.717, 1.165) is 0 Å². The molecule has 0 saturated heterocycles. The maximum absolute atomic E-state index is 12.1. The summed E-state index contributed by atoms with van der Waals surface area (Å²) in [4.78, 5) is 12.1. The van der Waals surface area contributed by atoms with Crippen LogP contribution in [0.15, 0.2) is 24.3 Å². The standard InChI is InChI=1S/C14H20N2O3/c1-19-9-12(8-17)16-14(18)13-6-10-4-2-3-5-11(10)7-15-13/h2-5,12-13,15,17H,6-9H2,1H3,(H,16,18)/t12?,13-/m1/s1. The molecule has 3 N–H and O–H groups in total. The molecule has 1 amide bonds. The fourth-order valence-corrected chi connectivity index (χ4v) is 2.28. The van der Waals surface area contributed by atoms with E-state index in [0.29, 0.717) is 19.6 Å². The third-order valence-electron chi connectivity index (χ3n) is 3.33. The van der Waals surface area contributed by atoms with E-state index in [1.54, 1.807) is 7.11 Å². The van der Waals surface area contributed by atoms with Crippen LogP contribution in [0, 0.1) is 0 Å². The van der Waals surface area contributed by atoms with Crippen LogP contribution in [0.25, 0.3) is 0 Å². The van der Waals surface area contributed by atoms with Gasteiger partial charge >= 0.3 is 0 Å². The van der Waals surface area contributed by atoms with Gasteiger partial charge in [0.2, 0.25) is 5.91 Å². The number of rotatable bonds is 5. The number of hydrogen-bond donors (Lipinski definition) is 3. The number of nitrogens with one attached hydrogen (secondary N) is 2. The van der Waals surface area contributed by atoms with Crippen LogP contribution in [0.4, 0.5) is 0 Å². The summed E-state index contributed by atoms with van der Waals surface area (Å²) in [5, 5.41) is 15.2. The summed E-state index contributed by atoms with van der Waals surface area (Å²) in [6.45, 7) is 0.886. The van der Waals surface area contributed by atoms with Crippen molar-refractivity contribution in [1.29, 1.82) is 0 Å². The molecular formula is C14H20N2O3. The van der Waals surface area contributed by atoms with Crippen molar-refractivity contribution in [3.63, 3.8) is 0 Å². The second kappa shape index (κ2) is 6.65. The zero-order valence-corrected chi connectivity index (χ0v) is 11.1. The molecular weight excluding hydrogens is 244 g/mol. The van der Waals surface area contributed by atoms with Gasteiger partial charge in [-0.15, -0.1) is 0 Å². The van der Waals surface area contributed by atoms with Crippen molar-refractivity contribution in [2.45, 2.75) is 25.0 Å². The van der Waals surface area contributed by atoms with Gasteiger partial charge in [-0.05, 0) is 17.5 Å². The van der Waals surface area contributed by atoms with Gasteiger partial charge in [0.25, 0.3) is 0 Å². The van der Waals surface area contributed by atoms with E-state index < -0.39 is 0 Å². The lowest BCUT2D eigenvalue weighted by Gasteiger charge is -2.27. The first kappa shape index (κ1) is 14.0. The molecule has 1 aromatic rings. The average Bonchev–Trinajstić information content (AvgIpc) is 2.46. The largest absolute Gasteiger partial charge is 0.394 e. The molecule has 0 saturated carbocycles. The van der Waals surface area contributed by atoms with E-state index in [9.17, 15) is 4.79 Å². The third kappa shape index (κ3) is 3.53. The summed E-state index contributed by atoms with van der Waals surface area (Å²) >= 11 is 0. The third-order valence-corrected chi connectivity index (χ3v) is 3.33. The predicted molar refractivity (Wildman–Crippen MR) is 71.7 cm³/mol. The van der Waals surface area contributed by atoms with E-state index in [-0.39, 0.29) is 24.6 Å². The number of aliphatic hydroxyl groups is 1. The topological polar surface area (TPSA) is 70.6 Å². The fourth-order valence-electron chi connectivity index (χ4n) is 2.28. The van der Waals surface area contributed by atoms with Crippen LogP contribution in [-0.4, -0.2) is 43.4 Å². The highest BCUT2D eigenvalue weighted by Crippen LogP contribution is 2.16. The van der Waals surface area contributed by atoms with E-state index in [2.05, 4.69) is 22.8 Å². The van der Waals surface area contributed by atoms with Crippen LogP contribution >= 0.6 is 0 Å². The van der Waals surface area contributed by atoms with Crippen LogP contribution in [0.1, 0.15) is 11.1 Å². The Morgan fingerprint density at radius 3 is 2.95 bits per heavy atom. The Balaban J connectivity index is 1.95. The number of hydrogen-bond acceptors (Lipinski definition) is 4. The van der Waals surface area contributed by atoms with Gasteiger partial charge in [0, 0.05) is 13.7 Å². The van der Waals surface area contributed by atoms with Crippen molar-refractivity contribution >= 4 is 5.91 Å². The molecule has 0 bridgehead atoms. The molecule has 0 spiro atoms. The van der Waals surface area contributed by atoms with Gasteiger partial charge in [-0.2, -0.15) is 0 Å². The number of carbonyl (C=O) groups excluding carboxylic acids is 1. The number of fused-ring (bicyclic) bond motifs is 1. The molecule has 104 valence electrons. The molecule has 1 aliphatic heterocycles. The number of carbonyl (C=O) groups is 1. The summed E-state index contributed by atoms with van der Waals surface area (Å²) in [5.74, 6) is -0.0920. The van der Waals surface area contributed by atoms with Crippen molar-refractivity contribution in [1.82, 2.24) is 10.6 Å². The quantitative estimate of drug-likeness (QED) is 0.690. The Bertz CT molecular complexity index is 436. The van der Waals surface area contributed by atoms with Crippen LogP contribution in [-0.2, 0) is 22.5 Å². The molecule has 2 atom stereocenters. The Hall–Kier alpha value is -1.43. The van der Waals surface area contributed by atoms with Crippen LogP contribution in [0.5, 0.6) is 0 Å². The second-order valence-corrected chi connectivity index (χ2v) is 4.75. The van der Waals surface area contributed by atoms with Crippen LogP contribution in [0.2, 0.25) is 0 Å². The average molecular weight is 264 g/mol. The molecule has 0 radical (unpaired) electrons. The van der Waals surface area contributed by atoms with Gasteiger partial charge in [0.05, 0.1) is 25.3 Å². The van der Waals surface area contributed by atoms with Gasteiger partial charge < -0.3 is 20.5 Å². The summed E-state index contributed by atoms with van der Waals surface area (Å²) in [5.41, 5.74) is 2.44. The molecule has 0 fully saturated rings. The number of amides is 1.